The smallest absolute Gasteiger partial charge is 0.136 e. The molecule has 248 valence electrons. The Morgan fingerprint density at radius 2 is 1.15 bits per heavy atom. The molecule has 7 aromatic carbocycles. The largest absolute Gasteiger partial charge is 0.456 e. The summed E-state index contributed by atoms with van der Waals surface area (Å²) in [6, 6.07) is 58.3. The Morgan fingerprint density at radius 3 is 1.92 bits per heavy atom. The molecule has 0 radical (unpaired) electrons. The Balaban J connectivity index is 1.05. The van der Waals surface area contributed by atoms with Crippen molar-refractivity contribution in [3.8, 4) is 27.9 Å². The van der Waals surface area contributed by atoms with Crippen LogP contribution in [-0.2, 0) is 0 Å². The van der Waals surface area contributed by atoms with Gasteiger partial charge in [-0.3, -0.25) is 4.99 Å². The molecule has 0 saturated heterocycles. The fourth-order valence-corrected chi connectivity index (χ4v) is 8.28. The Kier molecular flexibility index (Phi) is 6.62. The van der Waals surface area contributed by atoms with Crippen molar-refractivity contribution in [1.82, 2.24) is 4.57 Å². The zero-order chi connectivity index (χ0) is 34.9. The second-order valence-corrected chi connectivity index (χ2v) is 13.9. The van der Waals surface area contributed by atoms with Gasteiger partial charge in [-0.2, -0.15) is 0 Å². The van der Waals surface area contributed by atoms with Gasteiger partial charge in [0.05, 0.1) is 22.8 Å². The fourth-order valence-electron chi connectivity index (χ4n) is 8.28. The van der Waals surface area contributed by atoms with Gasteiger partial charge in [-0.1, -0.05) is 127 Å². The predicted octanol–water partition coefficient (Wildman–Crippen LogP) is 12.8. The highest BCUT2D eigenvalue weighted by molar-refractivity contribution is 6.24. The third kappa shape index (κ3) is 4.86. The highest BCUT2D eigenvalue weighted by Crippen LogP contribution is 2.40. The summed E-state index contributed by atoms with van der Waals surface area (Å²) < 4.78 is 9.15. The van der Waals surface area contributed by atoms with E-state index in [1.54, 1.807) is 0 Å². The summed E-state index contributed by atoms with van der Waals surface area (Å²) in [7, 11) is 0. The van der Waals surface area contributed by atoms with Crippen LogP contribution in [0.1, 0.15) is 11.1 Å². The maximum absolute atomic E-state index is 6.78. The zero-order valence-corrected chi connectivity index (χ0v) is 28.8. The molecule has 0 amide bonds. The van der Waals surface area contributed by atoms with Crippen LogP contribution in [0, 0.1) is 0 Å². The molecule has 2 aliphatic rings. The number of hydrogen-bond donors (Lipinski definition) is 0. The standard InChI is InChI=1S/C50H32N2O/c1-3-12-32(13-4-1)35-23-25-44-38(26-35)29-45(51-44)43-28-37(33-14-5-2-6-15-33)31-49-50(43)42-24-22-36(30-48(42)53-49)34-16-11-17-39(27-34)52-46-20-9-7-18-40(46)41-19-8-10-21-47(41)52/h1-31,44H. The molecule has 1 unspecified atom stereocenters. The number of allylic oxidation sites excluding steroid dienone is 3. The number of fused-ring (bicyclic) bond motifs is 7. The summed E-state index contributed by atoms with van der Waals surface area (Å²) in [4.78, 5) is 5.27. The van der Waals surface area contributed by atoms with E-state index in [2.05, 4.69) is 193 Å². The number of nitrogens with zero attached hydrogens (tertiary/aromatic N) is 2. The number of para-hydroxylation sites is 2. The SMILES string of the molecule is C1=CC2N=C(c3cc(-c4ccccc4)cc4oc5cc(-c6cccc(-n7c8ccccc8c8ccccc87)c6)ccc5c34)C=C2C=C1c1ccccc1. The van der Waals surface area contributed by atoms with Crippen molar-refractivity contribution in [2.45, 2.75) is 6.04 Å². The maximum atomic E-state index is 6.78. The molecule has 3 nitrogen and oxygen atoms in total. The third-order valence-electron chi connectivity index (χ3n) is 10.8. The predicted molar refractivity (Wildman–Crippen MR) is 221 cm³/mol. The molecular formula is C50H32N2O. The van der Waals surface area contributed by atoms with E-state index in [1.807, 2.05) is 0 Å². The molecule has 2 aromatic heterocycles. The summed E-state index contributed by atoms with van der Waals surface area (Å²) >= 11 is 0. The molecular weight excluding hydrogens is 645 g/mol. The molecule has 11 rings (SSSR count). The number of rotatable bonds is 5. The summed E-state index contributed by atoms with van der Waals surface area (Å²) in [5, 5.41) is 4.70. The van der Waals surface area contributed by atoms with Crippen molar-refractivity contribution < 1.29 is 4.42 Å². The van der Waals surface area contributed by atoms with E-state index in [0.29, 0.717) is 0 Å². The number of hydrogen-bond acceptors (Lipinski definition) is 2. The van der Waals surface area contributed by atoms with E-state index in [1.165, 1.54) is 38.5 Å². The molecule has 3 heterocycles. The van der Waals surface area contributed by atoms with Crippen LogP contribution >= 0.6 is 0 Å². The van der Waals surface area contributed by atoms with E-state index >= 15 is 0 Å². The molecule has 1 aliphatic heterocycles. The number of furan rings is 1. The molecule has 3 heteroatoms. The fraction of sp³-hybridized carbons (Fsp3) is 0.0200. The first-order valence-corrected chi connectivity index (χ1v) is 18.1. The minimum Gasteiger partial charge on any atom is -0.456 e. The summed E-state index contributed by atoms with van der Waals surface area (Å²) in [6.45, 7) is 0. The molecule has 53 heavy (non-hydrogen) atoms. The molecule has 0 fully saturated rings. The van der Waals surface area contributed by atoms with Crippen molar-refractivity contribution in [2.24, 2.45) is 4.99 Å². The molecule has 9 aromatic rings. The molecule has 0 saturated carbocycles. The number of benzene rings is 7. The first-order valence-electron chi connectivity index (χ1n) is 18.1. The van der Waals surface area contributed by atoms with E-state index in [9.17, 15) is 0 Å². The highest BCUT2D eigenvalue weighted by Gasteiger charge is 2.25. The first kappa shape index (κ1) is 29.7. The van der Waals surface area contributed by atoms with E-state index in [0.717, 1.165) is 61.2 Å². The Labute approximate surface area is 306 Å². The summed E-state index contributed by atoms with van der Waals surface area (Å²) in [6.07, 6.45) is 8.95. The number of aliphatic imine (C=N–C) groups is 1. The monoisotopic (exact) mass is 676 g/mol. The molecule has 1 atom stereocenters. The lowest BCUT2D eigenvalue weighted by Crippen LogP contribution is -2.03. The van der Waals surface area contributed by atoms with Crippen LogP contribution < -0.4 is 0 Å². The van der Waals surface area contributed by atoms with Crippen molar-refractivity contribution in [1.29, 1.82) is 0 Å². The molecule has 0 N–H and O–H groups in total. The Bertz CT molecular complexity index is 2990. The summed E-state index contributed by atoms with van der Waals surface area (Å²) in [5.41, 5.74) is 15.5. The van der Waals surface area contributed by atoms with Crippen LogP contribution in [0.4, 0.5) is 0 Å². The van der Waals surface area contributed by atoms with Crippen molar-refractivity contribution in [2.75, 3.05) is 0 Å². The van der Waals surface area contributed by atoms with Crippen LogP contribution in [0.15, 0.2) is 203 Å². The third-order valence-corrected chi connectivity index (χ3v) is 10.8. The van der Waals surface area contributed by atoms with Gasteiger partial charge in [-0.05, 0) is 99.6 Å². The lowest BCUT2D eigenvalue weighted by atomic mass is 9.93. The minimum absolute atomic E-state index is 0.000486. The lowest BCUT2D eigenvalue weighted by Gasteiger charge is -2.13. The molecule has 0 bridgehead atoms. The van der Waals surface area contributed by atoms with Gasteiger partial charge in [-0.15, -0.1) is 0 Å². The van der Waals surface area contributed by atoms with Gasteiger partial charge < -0.3 is 8.98 Å². The Morgan fingerprint density at radius 1 is 0.491 bits per heavy atom. The first-order chi connectivity index (χ1) is 26.2. The van der Waals surface area contributed by atoms with Gasteiger partial charge in [0.1, 0.15) is 11.2 Å². The van der Waals surface area contributed by atoms with Crippen LogP contribution in [-0.4, -0.2) is 16.3 Å². The minimum atomic E-state index is -0.000486. The average molecular weight is 677 g/mol. The molecule has 1 aliphatic carbocycles. The van der Waals surface area contributed by atoms with Gasteiger partial charge in [0.2, 0.25) is 0 Å². The summed E-state index contributed by atoms with van der Waals surface area (Å²) in [5.74, 6) is 0. The van der Waals surface area contributed by atoms with Crippen LogP contribution in [0.5, 0.6) is 0 Å². The van der Waals surface area contributed by atoms with Gasteiger partial charge in [0.15, 0.2) is 0 Å². The van der Waals surface area contributed by atoms with Gasteiger partial charge in [0, 0.05) is 32.8 Å². The van der Waals surface area contributed by atoms with Gasteiger partial charge >= 0.3 is 0 Å². The maximum Gasteiger partial charge on any atom is 0.136 e. The number of aromatic nitrogens is 1. The van der Waals surface area contributed by atoms with Crippen LogP contribution in [0.3, 0.4) is 0 Å². The topological polar surface area (TPSA) is 30.4 Å². The average Bonchev–Trinajstić information content (AvgIpc) is 3.92. The van der Waals surface area contributed by atoms with Gasteiger partial charge in [0.25, 0.3) is 0 Å². The van der Waals surface area contributed by atoms with E-state index < -0.39 is 0 Å². The second kappa shape index (κ2) is 11.8. The van der Waals surface area contributed by atoms with Gasteiger partial charge in [-0.25, -0.2) is 0 Å². The van der Waals surface area contributed by atoms with E-state index in [4.69, 9.17) is 9.41 Å². The Hall–Kier alpha value is -6.97. The lowest BCUT2D eigenvalue weighted by molar-refractivity contribution is 0.669. The van der Waals surface area contributed by atoms with E-state index in [-0.39, 0.29) is 6.04 Å². The zero-order valence-electron chi connectivity index (χ0n) is 28.8. The van der Waals surface area contributed by atoms with Crippen molar-refractivity contribution in [3.05, 3.63) is 205 Å². The van der Waals surface area contributed by atoms with Crippen molar-refractivity contribution >= 4 is 55.0 Å². The van der Waals surface area contributed by atoms with Crippen LogP contribution in [0.2, 0.25) is 0 Å². The normalized spacial score (nSPS) is 15.2. The highest BCUT2D eigenvalue weighted by atomic mass is 16.3. The molecule has 0 spiro atoms. The quantitative estimate of drug-likeness (QED) is 0.178. The van der Waals surface area contributed by atoms with Crippen LogP contribution in [0.25, 0.3) is 77.3 Å². The second-order valence-electron chi connectivity index (χ2n) is 13.9. The van der Waals surface area contributed by atoms with Crippen molar-refractivity contribution in [3.63, 3.8) is 0 Å².